The van der Waals surface area contributed by atoms with Gasteiger partial charge in [0.1, 0.15) is 6.61 Å². The van der Waals surface area contributed by atoms with Gasteiger partial charge in [-0.25, -0.2) is 0 Å². The van der Waals surface area contributed by atoms with Gasteiger partial charge in [0.2, 0.25) is 5.43 Å². The van der Waals surface area contributed by atoms with Crippen molar-refractivity contribution in [2.75, 3.05) is 19.8 Å². The molecule has 1 saturated heterocycles. The van der Waals surface area contributed by atoms with Crippen LogP contribution in [0.15, 0.2) is 71.7 Å². The Bertz CT molecular complexity index is 1130. The van der Waals surface area contributed by atoms with Crippen molar-refractivity contribution in [2.24, 2.45) is 5.92 Å². The van der Waals surface area contributed by atoms with Crippen LogP contribution in [0.3, 0.4) is 0 Å². The van der Waals surface area contributed by atoms with Gasteiger partial charge in [-0.15, -0.1) is 0 Å². The fraction of sp³-hybridized carbons (Fsp3) is 0.414. The van der Waals surface area contributed by atoms with Crippen LogP contribution in [0.25, 0.3) is 0 Å². The van der Waals surface area contributed by atoms with Crippen molar-refractivity contribution in [3.05, 3.63) is 99.5 Å². The van der Waals surface area contributed by atoms with Crippen LogP contribution in [0.5, 0.6) is 5.75 Å². The fourth-order valence-corrected chi connectivity index (χ4v) is 5.29. The number of ether oxygens (including phenoxy) is 2. The lowest BCUT2D eigenvalue weighted by Gasteiger charge is -2.43. The van der Waals surface area contributed by atoms with Crippen LogP contribution in [-0.4, -0.2) is 29.2 Å². The van der Waals surface area contributed by atoms with Gasteiger partial charge in [0, 0.05) is 44.6 Å². The maximum atomic E-state index is 13.1. The van der Waals surface area contributed by atoms with Crippen molar-refractivity contribution in [1.82, 2.24) is 9.47 Å². The van der Waals surface area contributed by atoms with Gasteiger partial charge in [0.25, 0.3) is 0 Å². The summed E-state index contributed by atoms with van der Waals surface area (Å²) in [6.45, 7) is 6.87. The summed E-state index contributed by atoms with van der Waals surface area (Å²) < 4.78 is 13.9. The topological polar surface area (TPSA) is 43.7 Å². The molecule has 1 aromatic heterocycles. The van der Waals surface area contributed by atoms with Gasteiger partial charge >= 0.3 is 0 Å². The van der Waals surface area contributed by atoms with Crippen LogP contribution < -0.4 is 10.2 Å². The van der Waals surface area contributed by atoms with Crippen LogP contribution in [0, 0.1) is 5.92 Å². The zero-order chi connectivity index (χ0) is 23.3. The Kier molecular flexibility index (Phi) is 7.12. The summed E-state index contributed by atoms with van der Waals surface area (Å²) in [7, 11) is 0. The average molecular weight is 459 g/mol. The third-order valence-corrected chi connectivity index (χ3v) is 7.22. The molecule has 5 nitrogen and oxygen atoms in total. The van der Waals surface area contributed by atoms with E-state index >= 15 is 0 Å². The summed E-state index contributed by atoms with van der Waals surface area (Å²) in [4.78, 5) is 15.7. The second kappa shape index (κ2) is 10.6. The molecule has 2 aliphatic heterocycles. The first kappa shape index (κ1) is 22.9. The van der Waals surface area contributed by atoms with Crippen molar-refractivity contribution < 1.29 is 9.47 Å². The van der Waals surface area contributed by atoms with Crippen LogP contribution in [-0.2, 0) is 30.9 Å². The van der Waals surface area contributed by atoms with Gasteiger partial charge in [-0.1, -0.05) is 61.5 Å². The molecular formula is C29H34N2O3. The molecule has 2 aromatic carbocycles. The van der Waals surface area contributed by atoms with Gasteiger partial charge in [-0.3, -0.25) is 9.69 Å². The Morgan fingerprint density at radius 1 is 0.941 bits per heavy atom. The van der Waals surface area contributed by atoms with Crippen LogP contribution in [0.1, 0.15) is 48.2 Å². The number of hydrogen-bond donors (Lipinski definition) is 0. The van der Waals surface area contributed by atoms with Crippen molar-refractivity contribution in [1.29, 1.82) is 0 Å². The number of aromatic nitrogens is 1. The van der Waals surface area contributed by atoms with E-state index in [9.17, 15) is 4.79 Å². The molecule has 1 atom stereocenters. The lowest BCUT2D eigenvalue weighted by atomic mass is 9.86. The number of pyridine rings is 1. The summed E-state index contributed by atoms with van der Waals surface area (Å²) in [5.74, 6) is 0.910. The molecule has 5 rings (SSSR count). The third kappa shape index (κ3) is 5.11. The van der Waals surface area contributed by atoms with Crippen molar-refractivity contribution >= 4 is 0 Å². The Morgan fingerprint density at radius 2 is 1.68 bits per heavy atom. The van der Waals surface area contributed by atoms with E-state index in [2.05, 4.69) is 40.7 Å². The Labute approximate surface area is 201 Å². The second-order valence-electron chi connectivity index (χ2n) is 9.43. The SMILES string of the molecule is CCc1ccc(CN2CCn3cc(OCc4ccccc4)c(=O)cc3C2C2CCOCC2)cc1. The second-order valence-corrected chi connectivity index (χ2v) is 9.43. The van der Waals surface area contributed by atoms with E-state index in [1.54, 1.807) is 0 Å². The zero-order valence-corrected chi connectivity index (χ0v) is 20.0. The predicted molar refractivity (Wildman–Crippen MR) is 134 cm³/mol. The van der Waals surface area contributed by atoms with Gasteiger partial charge < -0.3 is 14.0 Å². The predicted octanol–water partition coefficient (Wildman–Crippen LogP) is 4.97. The number of fused-ring (bicyclic) bond motifs is 1. The molecule has 0 amide bonds. The highest BCUT2D eigenvalue weighted by Crippen LogP contribution is 2.38. The molecule has 0 radical (unpaired) electrons. The largest absolute Gasteiger partial charge is 0.483 e. The Morgan fingerprint density at radius 3 is 2.41 bits per heavy atom. The minimum Gasteiger partial charge on any atom is -0.483 e. The van der Waals surface area contributed by atoms with E-state index in [0.29, 0.717) is 18.3 Å². The third-order valence-electron chi connectivity index (χ3n) is 7.22. The summed E-state index contributed by atoms with van der Waals surface area (Å²) >= 11 is 0. The highest BCUT2D eigenvalue weighted by atomic mass is 16.5. The number of rotatable bonds is 7. The van der Waals surface area contributed by atoms with Crippen molar-refractivity contribution in [3.63, 3.8) is 0 Å². The Balaban J connectivity index is 1.41. The lowest BCUT2D eigenvalue weighted by Crippen LogP contribution is -2.43. The van der Waals surface area contributed by atoms with E-state index in [1.807, 2.05) is 42.6 Å². The van der Waals surface area contributed by atoms with Gasteiger partial charge in [0.05, 0.1) is 12.2 Å². The molecule has 0 spiro atoms. The first-order chi connectivity index (χ1) is 16.7. The van der Waals surface area contributed by atoms with Crippen LogP contribution >= 0.6 is 0 Å². The van der Waals surface area contributed by atoms with Gasteiger partial charge in [-0.05, 0) is 41.9 Å². The molecule has 2 aliphatic rings. The average Bonchev–Trinajstić information content (AvgIpc) is 2.89. The number of benzene rings is 2. The molecule has 1 unspecified atom stereocenters. The molecule has 178 valence electrons. The van der Waals surface area contributed by atoms with Crippen LogP contribution in [0.2, 0.25) is 0 Å². The fourth-order valence-electron chi connectivity index (χ4n) is 5.29. The normalized spacial score (nSPS) is 19.0. The summed E-state index contributed by atoms with van der Waals surface area (Å²) in [5, 5.41) is 0. The molecule has 5 heteroatoms. The molecule has 3 aromatic rings. The number of hydrogen-bond acceptors (Lipinski definition) is 4. The van der Waals surface area contributed by atoms with Crippen molar-refractivity contribution in [3.8, 4) is 5.75 Å². The van der Waals surface area contributed by atoms with Gasteiger partial charge in [-0.2, -0.15) is 0 Å². The van der Waals surface area contributed by atoms with E-state index < -0.39 is 0 Å². The first-order valence-corrected chi connectivity index (χ1v) is 12.5. The first-order valence-electron chi connectivity index (χ1n) is 12.5. The lowest BCUT2D eigenvalue weighted by molar-refractivity contribution is 0.0112. The molecule has 0 bridgehead atoms. The maximum Gasteiger partial charge on any atom is 0.223 e. The summed E-state index contributed by atoms with van der Waals surface area (Å²) in [5.41, 5.74) is 4.83. The monoisotopic (exact) mass is 458 g/mol. The smallest absolute Gasteiger partial charge is 0.223 e. The van der Waals surface area contributed by atoms with E-state index in [4.69, 9.17) is 9.47 Å². The van der Waals surface area contributed by atoms with Crippen molar-refractivity contribution in [2.45, 2.75) is 51.9 Å². The molecule has 0 aliphatic carbocycles. The number of nitrogens with zero attached hydrogens (tertiary/aromatic N) is 2. The molecular weight excluding hydrogens is 424 g/mol. The zero-order valence-electron chi connectivity index (χ0n) is 20.0. The minimum atomic E-state index is -0.0339. The molecule has 3 heterocycles. The molecule has 0 saturated carbocycles. The molecule has 34 heavy (non-hydrogen) atoms. The van der Waals surface area contributed by atoms with E-state index in [-0.39, 0.29) is 11.5 Å². The molecule has 0 N–H and O–H groups in total. The van der Waals surface area contributed by atoms with Crippen LogP contribution in [0.4, 0.5) is 0 Å². The minimum absolute atomic E-state index is 0.0339. The highest BCUT2D eigenvalue weighted by Gasteiger charge is 2.35. The molecule has 1 fully saturated rings. The summed E-state index contributed by atoms with van der Waals surface area (Å²) in [6, 6.07) is 21.0. The van der Waals surface area contributed by atoms with Gasteiger partial charge in [0.15, 0.2) is 5.75 Å². The standard InChI is InChI=1S/C29H34N2O3/c1-2-22-8-10-23(11-9-22)19-31-15-14-30-20-28(34-21-24-6-4-3-5-7-24)27(32)18-26(30)29(31)25-12-16-33-17-13-25/h3-11,18,20,25,29H,2,12-17,19,21H2,1H3. The quantitative estimate of drug-likeness (QED) is 0.501. The van der Waals surface area contributed by atoms with E-state index in [0.717, 1.165) is 63.4 Å². The van der Waals surface area contributed by atoms with E-state index in [1.165, 1.54) is 11.1 Å². The maximum absolute atomic E-state index is 13.1. The highest BCUT2D eigenvalue weighted by molar-refractivity contribution is 5.27. The number of aryl methyl sites for hydroxylation is 1. The Hall–Kier alpha value is -2.89. The summed E-state index contributed by atoms with van der Waals surface area (Å²) in [6.07, 6.45) is 5.03.